The van der Waals surface area contributed by atoms with Crippen LogP contribution in [-0.2, 0) is 4.79 Å². The van der Waals surface area contributed by atoms with Gasteiger partial charge < -0.3 is 9.64 Å². The van der Waals surface area contributed by atoms with Gasteiger partial charge in [-0.05, 0) is 43.0 Å². The van der Waals surface area contributed by atoms with Crippen molar-refractivity contribution in [1.82, 2.24) is 0 Å². The van der Waals surface area contributed by atoms with Crippen LogP contribution in [0.25, 0.3) is 0 Å². The second kappa shape index (κ2) is 4.93. The minimum atomic E-state index is -0.825. The van der Waals surface area contributed by atoms with Crippen molar-refractivity contribution in [2.75, 3.05) is 19.1 Å². The number of hydrogen-bond donors (Lipinski definition) is 0. The van der Waals surface area contributed by atoms with Crippen LogP contribution in [-0.4, -0.2) is 20.1 Å². The zero-order valence-corrected chi connectivity index (χ0v) is 11.5. The van der Waals surface area contributed by atoms with Crippen molar-refractivity contribution in [2.45, 2.75) is 19.8 Å². The molecule has 1 aromatic carbocycles. The lowest BCUT2D eigenvalue weighted by atomic mass is 9.63. The first-order valence-corrected chi connectivity index (χ1v) is 6.36. The lowest BCUT2D eigenvalue weighted by Gasteiger charge is -2.41. The molecule has 1 fully saturated rings. The van der Waals surface area contributed by atoms with E-state index in [9.17, 15) is 10.1 Å². The predicted molar refractivity (Wildman–Crippen MR) is 72.8 cm³/mol. The molecule has 2 rings (SSSR count). The van der Waals surface area contributed by atoms with Crippen LogP contribution in [0.3, 0.4) is 0 Å². The molecule has 0 bridgehead atoms. The maximum absolute atomic E-state index is 12.5. The molecule has 1 aromatic rings. The summed E-state index contributed by atoms with van der Waals surface area (Å²) in [6, 6.07) is 9.46. The highest BCUT2D eigenvalue weighted by atomic mass is 16.5. The van der Waals surface area contributed by atoms with Crippen LogP contribution in [0.1, 0.15) is 19.8 Å². The molecular weight excluding hydrogens is 240 g/mol. The van der Waals surface area contributed by atoms with Crippen LogP contribution in [0.4, 0.5) is 5.69 Å². The van der Waals surface area contributed by atoms with Crippen molar-refractivity contribution in [3.8, 4) is 11.8 Å². The molecule has 4 nitrogen and oxygen atoms in total. The normalized spacial score (nSPS) is 25.1. The van der Waals surface area contributed by atoms with Gasteiger partial charge in [0.1, 0.15) is 11.2 Å². The van der Waals surface area contributed by atoms with Crippen LogP contribution in [0.15, 0.2) is 24.3 Å². The summed E-state index contributed by atoms with van der Waals surface area (Å²) in [7, 11) is 3.32. The van der Waals surface area contributed by atoms with E-state index in [1.54, 1.807) is 19.1 Å². The van der Waals surface area contributed by atoms with Gasteiger partial charge in [0.2, 0.25) is 5.91 Å². The number of nitrogens with zero attached hydrogens (tertiary/aromatic N) is 2. The van der Waals surface area contributed by atoms with Gasteiger partial charge in [-0.1, -0.05) is 6.92 Å². The van der Waals surface area contributed by atoms with Gasteiger partial charge in [0.05, 0.1) is 13.2 Å². The molecule has 100 valence electrons. The maximum Gasteiger partial charge on any atom is 0.247 e. The standard InChI is InChI=1S/C15H18N2O2/c1-11-8-15(9-11,10-16)14(18)17(2)12-4-6-13(19-3)7-5-12/h4-7,11H,8-9H2,1-3H3. The molecule has 0 radical (unpaired) electrons. The zero-order chi connectivity index (χ0) is 14.0. The molecule has 19 heavy (non-hydrogen) atoms. The summed E-state index contributed by atoms with van der Waals surface area (Å²) in [5.41, 5.74) is -0.0475. The van der Waals surface area contributed by atoms with E-state index in [-0.39, 0.29) is 5.91 Å². The Labute approximate surface area is 113 Å². The summed E-state index contributed by atoms with van der Waals surface area (Å²) < 4.78 is 5.09. The fourth-order valence-corrected chi connectivity index (χ4v) is 2.69. The minimum absolute atomic E-state index is 0.113. The summed E-state index contributed by atoms with van der Waals surface area (Å²) in [4.78, 5) is 14.0. The maximum atomic E-state index is 12.5. The van der Waals surface area contributed by atoms with Crippen LogP contribution in [0.2, 0.25) is 0 Å². The van der Waals surface area contributed by atoms with Gasteiger partial charge in [-0.25, -0.2) is 0 Å². The second-order valence-electron chi connectivity index (χ2n) is 5.27. The number of rotatable bonds is 3. The molecule has 0 aliphatic heterocycles. The van der Waals surface area contributed by atoms with Gasteiger partial charge in [-0.15, -0.1) is 0 Å². The summed E-state index contributed by atoms with van der Waals surface area (Å²) in [6.45, 7) is 2.07. The molecule has 1 aliphatic rings. The van der Waals surface area contributed by atoms with Crippen molar-refractivity contribution in [2.24, 2.45) is 11.3 Å². The first-order valence-electron chi connectivity index (χ1n) is 6.36. The van der Waals surface area contributed by atoms with E-state index in [2.05, 4.69) is 13.0 Å². The third-order valence-corrected chi connectivity index (χ3v) is 3.78. The Balaban J connectivity index is 2.17. The Bertz CT molecular complexity index is 510. The highest BCUT2D eigenvalue weighted by Crippen LogP contribution is 2.46. The number of nitriles is 1. The highest BCUT2D eigenvalue weighted by Gasteiger charge is 2.50. The monoisotopic (exact) mass is 258 g/mol. The lowest BCUT2D eigenvalue weighted by molar-refractivity contribution is -0.130. The Morgan fingerprint density at radius 1 is 1.42 bits per heavy atom. The average Bonchev–Trinajstić information content (AvgIpc) is 2.42. The molecular formula is C15H18N2O2. The number of hydrogen-bond acceptors (Lipinski definition) is 3. The minimum Gasteiger partial charge on any atom is -0.497 e. The molecule has 1 amide bonds. The van der Waals surface area contributed by atoms with Crippen molar-refractivity contribution < 1.29 is 9.53 Å². The van der Waals surface area contributed by atoms with Crippen molar-refractivity contribution in [3.05, 3.63) is 24.3 Å². The molecule has 1 aliphatic carbocycles. The van der Waals surface area contributed by atoms with Gasteiger partial charge >= 0.3 is 0 Å². The Kier molecular flexibility index (Phi) is 3.48. The Morgan fingerprint density at radius 3 is 2.42 bits per heavy atom. The fourth-order valence-electron chi connectivity index (χ4n) is 2.69. The number of benzene rings is 1. The zero-order valence-electron chi connectivity index (χ0n) is 11.5. The van der Waals surface area contributed by atoms with Gasteiger partial charge in [0, 0.05) is 12.7 Å². The molecule has 0 aromatic heterocycles. The van der Waals surface area contributed by atoms with Crippen LogP contribution >= 0.6 is 0 Å². The fraction of sp³-hybridized carbons (Fsp3) is 0.467. The van der Waals surface area contributed by atoms with Crippen LogP contribution in [0.5, 0.6) is 5.75 Å². The summed E-state index contributed by atoms with van der Waals surface area (Å²) in [5.74, 6) is 1.09. The quantitative estimate of drug-likeness (QED) is 0.837. The van der Waals surface area contributed by atoms with Crippen LogP contribution in [0, 0.1) is 22.7 Å². The van der Waals surface area contributed by atoms with E-state index in [4.69, 9.17) is 4.74 Å². The van der Waals surface area contributed by atoms with Gasteiger partial charge in [0.25, 0.3) is 0 Å². The first-order chi connectivity index (χ1) is 9.02. The van der Waals surface area contributed by atoms with Gasteiger partial charge in [-0.3, -0.25) is 4.79 Å². The number of amides is 1. The SMILES string of the molecule is COc1ccc(N(C)C(=O)C2(C#N)CC(C)C2)cc1. The average molecular weight is 258 g/mol. The number of carbonyl (C=O) groups is 1. The number of ether oxygens (including phenoxy) is 1. The smallest absolute Gasteiger partial charge is 0.247 e. The molecule has 0 spiro atoms. The third kappa shape index (κ3) is 2.28. The molecule has 4 heteroatoms. The Hall–Kier alpha value is -2.02. The molecule has 0 atom stereocenters. The van der Waals surface area contributed by atoms with E-state index in [1.165, 1.54) is 0 Å². The first kappa shape index (κ1) is 13.4. The summed E-state index contributed by atoms with van der Waals surface area (Å²) >= 11 is 0. The topological polar surface area (TPSA) is 53.3 Å². The third-order valence-electron chi connectivity index (χ3n) is 3.78. The number of methoxy groups -OCH3 is 1. The second-order valence-corrected chi connectivity index (χ2v) is 5.27. The predicted octanol–water partition coefficient (Wildman–Crippen LogP) is 2.60. The molecule has 0 N–H and O–H groups in total. The summed E-state index contributed by atoms with van der Waals surface area (Å²) in [6.07, 6.45) is 1.31. The Morgan fingerprint density at radius 2 is 2.00 bits per heavy atom. The number of anilines is 1. The van der Waals surface area contributed by atoms with Gasteiger partial charge in [-0.2, -0.15) is 5.26 Å². The van der Waals surface area contributed by atoms with Crippen molar-refractivity contribution in [3.63, 3.8) is 0 Å². The van der Waals surface area contributed by atoms with E-state index in [0.29, 0.717) is 18.8 Å². The van der Waals surface area contributed by atoms with E-state index in [1.807, 2.05) is 24.3 Å². The van der Waals surface area contributed by atoms with Gasteiger partial charge in [0.15, 0.2) is 0 Å². The molecule has 0 unspecified atom stereocenters. The number of carbonyl (C=O) groups excluding carboxylic acids is 1. The van der Waals surface area contributed by atoms with Crippen molar-refractivity contribution in [1.29, 1.82) is 5.26 Å². The molecule has 1 saturated carbocycles. The molecule has 0 saturated heterocycles. The van der Waals surface area contributed by atoms with E-state index < -0.39 is 5.41 Å². The lowest BCUT2D eigenvalue weighted by Crippen LogP contribution is -2.48. The van der Waals surface area contributed by atoms with E-state index >= 15 is 0 Å². The van der Waals surface area contributed by atoms with Crippen LogP contribution < -0.4 is 9.64 Å². The van der Waals surface area contributed by atoms with Crippen molar-refractivity contribution >= 4 is 11.6 Å². The largest absolute Gasteiger partial charge is 0.497 e. The van der Waals surface area contributed by atoms with E-state index in [0.717, 1.165) is 11.4 Å². The highest BCUT2D eigenvalue weighted by molar-refractivity contribution is 5.99. The summed E-state index contributed by atoms with van der Waals surface area (Å²) in [5, 5.41) is 9.29. The molecule has 0 heterocycles.